The average Bonchev–Trinajstić information content (AvgIpc) is 2.92. The Hall–Kier alpha value is -1.95. The fourth-order valence-corrected chi connectivity index (χ4v) is 2.39. The van der Waals surface area contributed by atoms with E-state index in [0.717, 1.165) is 5.56 Å². The number of hydrogen-bond donors (Lipinski definition) is 0. The number of hydrogen-bond acceptors (Lipinski definition) is 4. The number of rotatable bonds is 5. The average molecular weight is 354 g/mol. The van der Waals surface area contributed by atoms with Crippen LogP contribution in [0.15, 0.2) is 39.6 Å². The normalized spacial score (nSPS) is 10.3. The maximum Gasteiger partial charge on any atom is 0.258 e. The van der Waals surface area contributed by atoms with Crippen molar-refractivity contribution < 1.29 is 18.7 Å². The van der Waals surface area contributed by atoms with Crippen LogP contribution in [0.3, 0.4) is 0 Å². The second-order valence-corrected chi connectivity index (χ2v) is 5.18. The third kappa shape index (κ3) is 3.39. The number of carbonyl (C=O) groups is 1. The van der Waals surface area contributed by atoms with Crippen LogP contribution in [-0.4, -0.2) is 32.1 Å². The van der Waals surface area contributed by atoms with Crippen molar-refractivity contribution in [3.8, 4) is 11.5 Å². The van der Waals surface area contributed by atoms with E-state index < -0.39 is 0 Å². The lowest BCUT2D eigenvalue weighted by molar-refractivity contribution is 0.0783. The Kier molecular flexibility index (Phi) is 4.90. The first-order valence-electron chi connectivity index (χ1n) is 6.26. The lowest BCUT2D eigenvalue weighted by Gasteiger charge is -2.17. The second kappa shape index (κ2) is 6.67. The molecule has 0 fully saturated rings. The lowest BCUT2D eigenvalue weighted by Crippen LogP contribution is -2.26. The molecule has 0 radical (unpaired) electrons. The van der Waals surface area contributed by atoms with E-state index in [9.17, 15) is 4.79 Å². The molecule has 0 saturated heterocycles. The van der Waals surface area contributed by atoms with Crippen molar-refractivity contribution in [3.63, 3.8) is 0 Å². The van der Waals surface area contributed by atoms with Crippen molar-refractivity contribution in [2.75, 3.05) is 21.3 Å². The minimum atomic E-state index is -0.120. The van der Waals surface area contributed by atoms with E-state index in [1.54, 1.807) is 32.2 Å². The van der Waals surface area contributed by atoms with E-state index in [1.165, 1.54) is 6.26 Å². The topological polar surface area (TPSA) is 51.9 Å². The molecule has 0 bridgehead atoms. The predicted molar refractivity (Wildman–Crippen MR) is 81.8 cm³/mol. The van der Waals surface area contributed by atoms with Gasteiger partial charge in [-0.05, 0) is 39.7 Å². The van der Waals surface area contributed by atoms with E-state index in [2.05, 4.69) is 15.9 Å². The Morgan fingerprint density at radius 2 is 1.95 bits per heavy atom. The van der Waals surface area contributed by atoms with Gasteiger partial charge in [-0.1, -0.05) is 6.07 Å². The highest BCUT2D eigenvalue weighted by Gasteiger charge is 2.17. The summed E-state index contributed by atoms with van der Waals surface area (Å²) in [7, 11) is 4.90. The maximum atomic E-state index is 12.3. The van der Waals surface area contributed by atoms with Crippen LogP contribution in [0.2, 0.25) is 0 Å². The summed E-state index contributed by atoms with van der Waals surface area (Å²) in [5, 5.41) is 0. The summed E-state index contributed by atoms with van der Waals surface area (Å²) in [6.45, 7) is 0.455. The van der Waals surface area contributed by atoms with Crippen molar-refractivity contribution in [1.29, 1.82) is 0 Å². The molecule has 1 aromatic carbocycles. The van der Waals surface area contributed by atoms with Crippen LogP contribution >= 0.6 is 15.9 Å². The molecule has 5 nitrogen and oxygen atoms in total. The smallest absolute Gasteiger partial charge is 0.258 e. The SMILES string of the molecule is COc1ccc(CN(C)C(=O)c2ccoc2Br)cc1OC. The summed E-state index contributed by atoms with van der Waals surface area (Å²) >= 11 is 3.21. The Balaban J connectivity index is 2.14. The largest absolute Gasteiger partial charge is 0.493 e. The Morgan fingerprint density at radius 3 is 2.52 bits per heavy atom. The molecule has 1 heterocycles. The molecule has 0 N–H and O–H groups in total. The predicted octanol–water partition coefficient (Wildman–Crippen LogP) is 3.33. The number of ether oxygens (including phenoxy) is 2. The fraction of sp³-hybridized carbons (Fsp3) is 0.267. The number of amides is 1. The number of nitrogens with zero attached hydrogens (tertiary/aromatic N) is 1. The lowest BCUT2D eigenvalue weighted by atomic mass is 10.2. The van der Waals surface area contributed by atoms with Crippen LogP contribution in [0.5, 0.6) is 11.5 Å². The van der Waals surface area contributed by atoms with Gasteiger partial charge >= 0.3 is 0 Å². The summed E-state index contributed by atoms with van der Waals surface area (Å²) < 4.78 is 16.0. The minimum Gasteiger partial charge on any atom is -0.493 e. The zero-order chi connectivity index (χ0) is 15.4. The number of carbonyl (C=O) groups excluding carboxylic acids is 1. The highest BCUT2D eigenvalue weighted by molar-refractivity contribution is 9.10. The van der Waals surface area contributed by atoms with Gasteiger partial charge < -0.3 is 18.8 Å². The number of halogens is 1. The van der Waals surface area contributed by atoms with Gasteiger partial charge in [0.15, 0.2) is 16.2 Å². The second-order valence-electron chi connectivity index (χ2n) is 4.46. The van der Waals surface area contributed by atoms with Crippen LogP contribution in [0.1, 0.15) is 15.9 Å². The molecule has 0 atom stereocenters. The van der Waals surface area contributed by atoms with Crippen LogP contribution < -0.4 is 9.47 Å². The summed E-state index contributed by atoms with van der Waals surface area (Å²) in [6, 6.07) is 7.21. The molecule has 112 valence electrons. The first kappa shape index (κ1) is 15.4. The number of methoxy groups -OCH3 is 2. The molecule has 0 saturated carbocycles. The van der Waals surface area contributed by atoms with Gasteiger partial charge in [0, 0.05) is 13.6 Å². The third-order valence-electron chi connectivity index (χ3n) is 3.06. The Morgan fingerprint density at radius 1 is 1.24 bits per heavy atom. The Labute approximate surface area is 131 Å². The molecule has 1 amide bonds. The first-order valence-corrected chi connectivity index (χ1v) is 7.05. The summed E-state index contributed by atoms with van der Waals surface area (Å²) in [5.74, 6) is 1.18. The number of furan rings is 1. The summed E-state index contributed by atoms with van der Waals surface area (Å²) in [4.78, 5) is 13.9. The van der Waals surface area contributed by atoms with Crippen molar-refractivity contribution >= 4 is 21.8 Å². The van der Waals surface area contributed by atoms with Gasteiger partial charge in [-0.2, -0.15) is 0 Å². The zero-order valence-corrected chi connectivity index (χ0v) is 13.6. The van der Waals surface area contributed by atoms with Crippen molar-refractivity contribution in [2.24, 2.45) is 0 Å². The van der Waals surface area contributed by atoms with Crippen molar-refractivity contribution in [2.45, 2.75) is 6.54 Å². The molecule has 0 spiro atoms. The van der Waals surface area contributed by atoms with E-state index >= 15 is 0 Å². The number of benzene rings is 1. The van der Waals surface area contributed by atoms with E-state index in [0.29, 0.717) is 28.3 Å². The highest BCUT2D eigenvalue weighted by Crippen LogP contribution is 2.28. The van der Waals surface area contributed by atoms with Crippen molar-refractivity contribution in [1.82, 2.24) is 4.90 Å². The maximum absolute atomic E-state index is 12.3. The van der Waals surface area contributed by atoms with Crippen LogP contribution in [0, 0.1) is 0 Å². The highest BCUT2D eigenvalue weighted by atomic mass is 79.9. The molecule has 0 aliphatic carbocycles. The molecule has 0 unspecified atom stereocenters. The molecule has 6 heteroatoms. The van der Waals surface area contributed by atoms with Gasteiger partial charge in [-0.15, -0.1) is 0 Å². The molecule has 0 aliphatic rings. The standard InChI is InChI=1S/C15H16BrNO4/c1-17(15(18)11-6-7-21-14(11)16)9-10-4-5-12(19-2)13(8-10)20-3/h4-8H,9H2,1-3H3. The molecule has 1 aromatic heterocycles. The molecule has 0 aliphatic heterocycles. The van der Waals surface area contributed by atoms with E-state index in [4.69, 9.17) is 13.9 Å². The zero-order valence-electron chi connectivity index (χ0n) is 12.1. The molecular weight excluding hydrogens is 338 g/mol. The van der Waals surface area contributed by atoms with Crippen LogP contribution in [0.4, 0.5) is 0 Å². The van der Waals surface area contributed by atoms with Gasteiger partial charge in [0.05, 0.1) is 26.0 Å². The van der Waals surface area contributed by atoms with E-state index in [-0.39, 0.29) is 5.91 Å². The van der Waals surface area contributed by atoms with E-state index in [1.807, 2.05) is 18.2 Å². The van der Waals surface area contributed by atoms with Gasteiger partial charge in [-0.3, -0.25) is 4.79 Å². The van der Waals surface area contributed by atoms with Gasteiger partial charge in [0.1, 0.15) is 0 Å². The molecule has 21 heavy (non-hydrogen) atoms. The van der Waals surface area contributed by atoms with Crippen LogP contribution in [-0.2, 0) is 6.54 Å². The Bertz CT molecular complexity index is 638. The molecule has 2 aromatic rings. The molecular formula is C15H16BrNO4. The van der Waals surface area contributed by atoms with Gasteiger partial charge in [0.2, 0.25) is 0 Å². The third-order valence-corrected chi connectivity index (χ3v) is 3.68. The van der Waals surface area contributed by atoms with Gasteiger partial charge in [-0.25, -0.2) is 0 Å². The first-order chi connectivity index (χ1) is 10.1. The van der Waals surface area contributed by atoms with Crippen LogP contribution in [0.25, 0.3) is 0 Å². The summed E-state index contributed by atoms with van der Waals surface area (Å²) in [6.07, 6.45) is 1.47. The fourth-order valence-electron chi connectivity index (χ4n) is 1.98. The summed E-state index contributed by atoms with van der Waals surface area (Å²) in [5.41, 5.74) is 1.45. The van der Waals surface area contributed by atoms with Crippen molar-refractivity contribution in [3.05, 3.63) is 46.3 Å². The monoisotopic (exact) mass is 353 g/mol. The minimum absolute atomic E-state index is 0.120. The molecule has 2 rings (SSSR count). The quantitative estimate of drug-likeness (QED) is 0.827. The van der Waals surface area contributed by atoms with Gasteiger partial charge in [0.25, 0.3) is 5.91 Å².